The molecule has 14 heteroatoms. The van der Waals surface area contributed by atoms with E-state index in [-0.39, 0.29) is 67.2 Å². The Hall–Kier alpha value is -4.66. The molecule has 4 rings (SSSR count). The second-order valence-corrected chi connectivity index (χ2v) is 18.9. The smallest absolute Gasteiger partial charge is 0.315 e. The van der Waals surface area contributed by atoms with Crippen LogP contribution in [-0.2, 0) is 55.8 Å². The van der Waals surface area contributed by atoms with Crippen LogP contribution < -0.4 is 21.3 Å². The van der Waals surface area contributed by atoms with Gasteiger partial charge in [0.1, 0.15) is 36.8 Å². The Morgan fingerprint density at radius 3 is 1.77 bits per heavy atom. The predicted octanol–water partition coefficient (Wildman–Crippen LogP) is 4.04. The van der Waals surface area contributed by atoms with Crippen LogP contribution in [-0.4, -0.2) is 116 Å². The lowest BCUT2D eigenvalue weighted by Crippen LogP contribution is -2.62. The summed E-state index contributed by atoms with van der Waals surface area (Å²) in [5, 5.41) is 11.8. The molecular weight excluding hydrogens is 779 g/mol. The first kappa shape index (κ1) is 49.0. The van der Waals surface area contributed by atoms with Crippen LogP contribution in [0.4, 0.5) is 0 Å². The number of rotatable bonds is 23. The summed E-state index contributed by atoms with van der Waals surface area (Å²) >= 11 is 0. The predicted molar refractivity (Wildman–Crippen MR) is 232 cm³/mol. The number of amides is 4. The molecule has 2 fully saturated rings. The highest BCUT2D eigenvalue weighted by Crippen LogP contribution is 2.30. The molecule has 2 aliphatic rings. The van der Waals surface area contributed by atoms with Gasteiger partial charge in [-0.25, -0.2) is 0 Å². The fraction of sp³-hybridized carbons (Fsp3) is 0.617. The van der Waals surface area contributed by atoms with Crippen LogP contribution in [0, 0.1) is 17.3 Å². The fourth-order valence-corrected chi connectivity index (χ4v) is 7.21. The highest BCUT2D eigenvalue weighted by molar-refractivity contribution is 5.98. The molecule has 2 aromatic carbocycles. The van der Waals surface area contributed by atoms with Crippen LogP contribution in [0.5, 0.6) is 0 Å². The van der Waals surface area contributed by atoms with Crippen molar-refractivity contribution in [1.82, 2.24) is 21.3 Å². The standard InChI is InChI=1S/C47H69N5O9/c1-32(2)19-21-37(43(56)51-39(28-35-17-13-10-14-18-35)44(57)50-38(27-33(3)4)41(54)47(8)30-61-47)49-42(55)36(22-20-34-15-11-9-12-16-34)48-40(53)29-52(23-25-59-26-24-52)31-60-45(58)46(5,6)7/h9-18,32-33,36-39H,19-31H2,1-8H3,(H3-,48,49,50,51,53,55,56,57)/p+1/t36-,37-,38?,39-,47+/m0/s1. The molecule has 0 bridgehead atoms. The highest BCUT2D eigenvalue weighted by Gasteiger charge is 2.50. The third kappa shape index (κ3) is 16.0. The number of Topliss-reactive ketones (excluding diaryl/α,β-unsaturated/α-hetero) is 1. The topological polar surface area (TPSA) is 182 Å². The number of carbonyl (C=O) groups is 6. The summed E-state index contributed by atoms with van der Waals surface area (Å²) in [5.74, 6) is -2.31. The minimum absolute atomic E-state index is 0.0115. The van der Waals surface area contributed by atoms with Gasteiger partial charge >= 0.3 is 5.97 Å². The average molecular weight is 849 g/mol. The second kappa shape index (κ2) is 22.4. The van der Waals surface area contributed by atoms with Gasteiger partial charge in [-0.3, -0.25) is 33.3 Å². The first-order valence-electron chi connectivity index (χ1n) is 21.9. The van der Waals surface area contributed by atoms with Gasteiger partial charge in [-0.2, -0.15) is 0 Å². The van der Waals surface area contributed by atoms with Crippen molar-refractivity contribution in [2.45, 2.75) is 124 Å². The first-order valence-corrected chi connectivity index (χ1v) is 21.9. The maximum Gasteiger partial charge on any atom is 0.315 e. The van der Waals surface area contributed by atoms with Crippen LogP contribution in [0.25, 0.3) is 0 Å². The minimum Gasteiger partial charge on any atom is -0.415 e. The fourth-order valence-electron chi connectivity index (χ4n) is 7.21. The molecule has 336 valence electrons. The number of carbonyl (C=O) groups excluding carboxylic acids is 6. The lowest BCUT2D eigenvalue weighted by molar-refractivity contribution is -0.943. The molecule has 4 N–H and O–H groups in total. The number of aryl methyl sites for hydroxylation is 1. The van der Waals surface area contributed by atoms with E-state index in [1.54, 1.807) is 27.7 Å². The van der Waals surface area contributed by atoms with Crippen LogP contribution in [0.1, 0.15) is 92.2 Å². The zero-order chi connectivity index (χ0) is 44.8. The number of esters is 1. The summed E-state index contributed by atoms with van der Waals surface area (Å²) in [4.78, 5) is 83.0. The molecule has 1 unspecified atom stereocenters. The molecule has 2 saturated heterocycles. The summed E-state index contributed by atoms with van der Waals surface area (Å²) in [6.45, 7) is 16.9. The molecule has 0 saturated carbocycles. The number of nitrogens with one attached hydrogen (secondary N) is 4. The van der Waals surface area contributed by atoms with Crippen molar-refractivity contribution in [1.29, 1.82) is 0 Å². The van der Waals surface area contributed by atoms with Crippen molar-refractivity contribution >= 4 is 35.4 Å². The van der Waals surface area contributed by atoms with Crippen LogP contribution in [0.2, 0.25) is 0 Å². The summed E-state index contributed by atoms with van der Waals surface area (Å²) in [6.07, 6.45) is 2.12. The van der Waals surface area contributed by atoms with Gasteiger partial charge in [0.15, 0.2) is 12.3 Å². The summed E-state index contributed by atoms with van der Waals surface area (Å²) in [6, 6.07) is 14.9. The van der Waals surface area contributed by atoms with E-state index in [1.807, 2.05) is 88.4 Å². The number of nitrogens with zero attached hydrogens (tertiary/aromatic N) is 1. The Kier molecular flexibility index (Phi) is 18.0. The molecular formula is C47H70N5O9+. The molecule has 0 radical (unpaired) electrons. The van der Waals surface area contributed by atoms with Crippen molar-refractivity contribution in [3.8, 4) is 0 Å². The third-order valence-electron chi connectivity index (χ3n) is 11.2. The molecule has 2 aliphatic heterocycles. The quantitative estimate of drug-likeness (QED) is 0.0730. The van der Waals surface area contributed by atoms with Crippen LogP contribution >= 0.6 is 0 Å². The van der Waals surface area contributed by atoms with Crippen molar-refractivity contribution in [3.05, 3.63) is 71.8 Å². The van der Waals surface area contributed by atoms with Gasteiger partial charge in [-0.05, 0) is 82.8 Å². The minimum atomic E-state index is -1.07. The Bertz CT molecular complexity index is 1770. The van der Waals surface area contributed by atoms with E-state index in [9.17, 15) is 28.8 Å². The largest absolute Gasteiger partial charge is 0.415 e. The van der Waals surface area contributed by atoms with Gasteiger partial charge in [0.2, 0.25) is 24.5 Å². The summed E-state index contributed by atoms with van der Waals surface area (Å²) in [5.41, 5.74) is 0.100. The zero-order valence-corrected chi connectivity index (χ0v) is 37.6. The number of ether oxygens (including phenoxy) is 3. The Balaban J connectivity index is 1.56. The van der Waals surface area contributed by atoms with Crippen molar-refractivity contribution in [2.75, 3.05) is 46.2 Å². The number of hydrogen-bond donors (Lipinski definition) is 4. The number of hydrogen-bond acceptors (Lipinski definition) is 9. The molecule has 61 heavy (non-hydrogen) atoms. The molecule has 2 heterocycles. The Morgan fingerprint density at radius 2 is 1.23 bits per heavy atom. The maximum atomic E-state index is 14.4. The SMILES string of the molecule is CC(C)CC[C@H](NC(=O)[C@H](CCc1ccccc1)NC(=O)C[N+]1(COC(=O)C(C)(C)C)CCOCC1)C(=O)N[C@@H](Cc1ccccc1)C(=O)NC(CC(C)C)C(=O)[C@@]1(C)CO1. The van der Waals surface area contributed by atoms with E-state index >= 15 is 0 Å². The number of morpholine rings is 1. The molecule has 4 amide bonds. The third-order valence-corrected chi connectivity index (χ3v) is 11.2. The van der Waals surface area contributed by atoms with Gasteiger partial charge in [-0.15, -0.1) is 0 Å². The molecule has 5 atom stereocenters. The highest BCUT2D eigenvalue weighted by atomic mass is 16.6. The molecule has 14 nitrogen and oxygen atoms in total. The van der Waals surface area contributed by atoms with E-state index in [0.29, 0.717) is 45.6 Å². The Labute approximate surface area is 362 Å². The zero-order valence-electron chi connectivity index (χ0n) is 37.6. The second-order valence-electron chi connectivity index (χ2n) is 18.9. The van der Waals surface area contributed by atoms with E-state index in [1.165, 1.54) is 0 Å². The van der Waals surface area contributed by atoms with E-state index in [4.69, 9.17) is 14.2 Å². The van der Waals surface area contributed by atoms with Crippen LogP contribution in [0.3, 0.4) is 0 Å². The molecule has 2 aromatic rings. The normalized spacial score (nSPS) is 19.2. The van der Waals surface area contributed by atoms with Gasteiger partial charge in [0.25, 0.3) is 5.91 Å². The van der Waals surface area contributed by atoms with Gasteiger partial charge in [-0.1, -0.05) is 88.4 Å². The molecule has 0 spiro atoms. The lowest BCUT2D eigenvalue weighted by Gasteiger charge is -2.40. The lowest BCUT2D eigenvalue weighted by atomic mass is 9.93. The van der Waals surface area contributed by atoms with Crippen molar-refractivity contribution in [2.24, 2.45) is 17.3 Å². The monoisotopic (exact) mass is 849 g/mol. The molecule has 0 aromatic heterocycles. The van der Waals surface area contributed by atoms with E-state index in [2.05, 4.69) is 21.3 Å². The van der Waals surface area contributed by atoms with Crippen molar-refractivity contribution in [3.63, 3.8) is 0 Å². The Morgan fingerprint density at radius 1 is 0.705 bits per heavy atom. The first-order chi connectivity index (χ1) is 28.8. The van der Waals surface area contributed by atoms with Gasteiger partial charge in [0.05, 0.1) is 31.3 Å². The number of epoxide rings is 1. The maximum absolute atomic E-state index is 14.4. The average Bonchev–Trinajstić information content (AvgIpc) is 3.97. The van der Waals surface area contributed by atoms with Gasteiger partial charge in [0, 0.05) is 6.42 Å². The van der Waals surface area contributed by atoms with Crippen LogP contribution in [0.15, 0.2) is 60.7 Å². The summed E-state index contributed by atoms with van der Waals surface area (Å²) in [7, 11) is 0. The summed E-state index contributed by atoms with van der Waals surface area (Å²) < 4.78 is 16.9. The van der Waals surface area contributed by atoms with E-state index in [0.717, 1.165) is 11.1 Å². The van der Waals surface area contributed by atoms with Gasteiger partial charge < -0.3 is 35.5 Å². The van der Waals surface area contributed by atoms with E-state index < -0.39 is 58.8 Å². The number of quaternary nitrogens is 1. The number of benzene rings is 2. The van der Waals surface area contributed by atoms with Crippen molar-refractivity contribution < 1.29 is 47.5 Å². The number of ketones is 1. The molecule has 0 aliphatic carbocycles.